The summed E-state index contributed by atoms with van der Waals surface area (Å²) in [5, 5.41) is 7.97. The molecule has 0 unspecified atom stereocenters. The molecule has 0 atom stereocenters. The summed E-state index contributed by atoms with van der Waals surface area (Å²) < 4.78 is 0. The molecule has 0 N–H and O–H groups in total. The van der Waals surface area contributed by atoms with Gasteiger partial charge in [-0.3, -0.25) is 0 Å². The van der Waals surface area contributed by atoms with Gasteiger partial charge < -0.3 is 0 Å². The molecule has 0 aliphatic carbocycles. The lowest BCUT2D eigenvalue weighted by molar-refractivity contribution is 1.73. The van der Waals surface area contributed by atoms with Crippen molar-refractivity contribution in [3.05, 3.63) is 152 Å². The zero-order valence-corrected chi connectivity index (χ0v) is 25.2. The van der Waals surface area contributed by atoms with Crippen LogP contribution in [-0.2, 0) is 0 Å². The Labute approximate surface area is 221 Å². The van der Waals surface area contributed by atoms with Gasteiger partial charge in [0.2, 0.25) is 0 Å². The van der Waals surface area contributed by atoms with Crippen molar-refractivity contribution in [3.8, 4) is 0 Å². The van der Waals surface area contributed by atoms with Gasteiger partial charge in [0.15, 0.2) is 0 Å². The molecule has 0 saturated carbocycles. The highest BCUT2D eigenvalue weighted by Gasteiger charge is 2.46. The van der Waals surface area contributed by atoms with Crippen LogP contribution in [0.2, 0.25) is 13.1 Å². The van der Waals surface area contributed by atoms with E-state index >= 15 is 0 Å². The molecule has 5 aromatic rings. The summed E-state index contributed by atoms with van der Waals surface area (Å²) in [4.78, 5) is 0. The van der Waals surface area contributed by atoms with E-state index in [4.69, 9.17) is 0 Å². The lowest BCUT2D eigenvalue weighted by atomic mass is 10.4. The van der Waals surface area contributed by atoms with Crippen molar-refractivity contribution in [1.29, 1.82) is 0 Å². The fraction of sp³-hybridized carbons (Fsp3) is 0.0625. The normalized spacial score (nSPS) is 11.8. The van der Waals surface area contributed by atoms with Gasteiger partial charge >= 0.3 is 0 Å². The third-order valence-corrected chi connectivity index (χ3v) is 48.6. The number of hydrogen-bond donors (Lipinski definition) is 0. The minimum Gasteiger partial charge on any atom is -0.123 e. The van der Waals surface area contributed by atoms with Crippen molar-refractivity contribution in [2.45, 2.75) is 13.1 Å². The van der Waals surface area contributed by atoms with E-state index in [-0.39, 0.29) is 6.57 Å². The molecule has 5 rings (SSSR count). The summed E-state index contributed by atoms with van der Waals surface area (Å²) in [6, 6.07) is 57.7. The van der Waals surface area contributed by atoms with Gasteiger partial charge in [-0.05, 0) is 0 Å². The summed E-state index contributed by atoms with van der Waals surface area (Å²) in [5.74, 6) is 0. The summed E-state index contributed by atoms with van der Waals surface area (Å²) in [5.41, 5.74) is 0. The summed E-state index contributed by atoms with van der Waals surface area (Å²) in [6.45, 7) is 5.05. The molecule has 0 aliphatic heterocycles. The average Bonchev–Trinajstić information content (AvgIpc) is 2.95. The van der Waals surface area contributed by atoms with Crippen LogP contribution in [0.25, 0.3) is 0 Å². The Bertz CT molecular complexity index is 1180. The summed E-state index contributed by atoms with van der Waals surface area (Å²) >= 11 is 0. The Morgan fingerprint density at radius 2 is 0.639 bits per heavy atom. The van der Waals surface area contributed by atoms with E-state index in [9.17, 15) is 0 Å². The van der Waals surface area contributed by atoms with Crippen LogP contribution < -0.4 is 25.9 Å². The Balaban J connectivity index is 1.82. The van der Waals surface area contributed by atoms with Crippen LogP contribution in [0.15, 0.2) is 152 Å². The lowest BCUT2D eigenvalue weighted by Gasteiger charge is -2.44. The molecule has 0 fully saturated rings. The molecule has 0 aliphatic rings. The predicted octanol–water partition coefficient (Wildman–Crippen LogP) is 4.66. The maximum Gasteiger partial charge on any atom is 0.121 e. The van der Waals surface area contributed by atoms with Crippen LogP contribution in [0.5, 0.6) is 0 Å². The largest absolute Gasteiger partial charge is 0.123 e. The third kappa shape index (κ3) is 5.30. The van der Waals surface area contributed by atoms with Gasteiger partial charge in [-0.15, -0.1) is 6.57 Å². The smallest absolute Gasteiger partial charge is 0.121 e. The van der Waals surface area contributed by atoms with Crippen LogP contribution in [0.3, 0.4) is 0 Å². The lowest BCUT2D eigenvalue weighted by Crippen LogP contribution is -2.59. The fourth-order valence-electron chi connectivity index (χ4n) is 5.36. The maximum atomic E-state index is 2.67. The van der Waals surface area contributed by atoms with Gasteiger partial charge in [-0.25, -0.2) is 0 Å². The molecule has 0 nitrogen and oxygen atoms in total. The second kappa shape index (κ2) is 11.5. The molecule has 178 valence electrons. The molecular formula is C32H33PSi3. The highest BCUT2D eigenvalue weighted by Crippen LogP contribution is 2.50. The van der Waals surface area contributed by atoms with Gasteiger partial charge in [-0.1, -0.05) is 191 Å². The number of rotatable bonds is 8. The second-order valence-corrected chi connectivity index (χ2v) is 34.8. The monoisotopic (exact) mass is 532 g/mol. The first-order valence-corrected chi connectivity index (χ1v) is 23.4. The minimum atomic E-state index is -1.88. The zero-order valence-electron chi connectivity index (χ0n) is 21.0. The highest BCUT2D eigenvalue weighted by atomic mass is 31.8. The van der Waals surface area contributed by atoms with E-state index in [0.717, 1.165) is 0 Å². The molecule has 5 aromatic carbocycles. The highest BCUT2D eigenvalue weighted by molar-refractivity contribution is 8.37. The molecular weight excluding hydrogens is 500 g/mol. The minimum absolute atomic E-state index is 0.296. The summed E-state index contributed by atoms with van der Waals surface area (Å²) in [7, 11) is -5.02. The summed E-state index contributed by atoms with van der Waals surface area (Å²) in [6.07, 6.45) is 0. The number of benzene rings is 5. The van der Waals surface area contributed by atoms with Gasteiger partial charge in [0.1, 0.15) is 16.9 Å². The molecule has 0 amide bonds. The van der Waals surface area contributed by atoms with E-state index in [1.807, 2.05) is 0 Å². The van der Waals surface area contributed by atoms with Gasteiger partial charge in [0.05, 0.1) is 7.74 Å². The predicted molar refractivity (Wildman–Crippen MR) is 169 cm³/mol. The molecule has 0 heterocycles. The van der Waals surface area contributed by atoms with Gasteiger partial charge in [-0.2, -0.15) is 0 Å². The van der Waals surface area contributed by atoms with Crippen LogP contribution in [0.1, 0.15) is 0 Å². The quantitative estimate of drug-likeness (QED) is 0.202. The van der Waals surface area contributed by atoms with E-state index in [0.29, 0.717) is 0 Å². The number of hydrogen-bond acceptors (Lipinski definition) is 0. The average molecular weight is 533 g/mol. The van der Waals surface area contributed by atoms with Crippen molar-refractivity contribution in [3.63, 3.8) is 0 Å². The first-order valence-electron chi connectivity index (χ1n) is 12.7. The Kier molecular flexibility index (Phi) is 7.93. The molecule has 0 bridgehead atoms. The Morgan fingerprint density at radius 3 is 0.917 bits per heavy atom. The van der Waals surface area contributed by atoms with Crippen molar-refractivity contribution < 1.29 is 0 Å². The molecule has 36 heavy (non-hydrogen) atoms. The van der Waals surface area contributed by atoms with E-state index in [1.165, 1.54) is 0 Å². The first-order chi connectivity index (χ1) is 17.7. The molecule has 0 radical (unpaired) electrons. The Morgan fingerprint density at radius 1 is 0.389 bits per heavy atom. The molecule has 0 aromatic heterocycles. The van der Waals surface area contributed by atoms with Crippen molar-refractivity contribution in [1.82, 2.24) is 0 Å². The third-order valence-electron chi connectivity index (χ3n) is 7.14. The topological polar surface area (TPSA) is 0 Å². The molecule has 0 saturated heterocycles. The molecule has 4 heteroatoms. The van der Waals surface area contributed by atoms with Crippen LogP contribution >= 0.6 is 6.57 Å². The second-order valence-electron chi connectivity index (χ2n) is 9.78. The van der Waals surface area contributed by atoms with E-state index in [1.54, 1.807) is 25.9 Å². The fourth-order valence-corrected chi connectivity index (χ4v) is 53.2. The molecule has 0 spiro atoms. The van der Waals surface area contributed by atoms with Gasteiger partial charge in [0, 0.05) is 0 Å². The zero-order chi connectivity index (χ0) is 24.8. The van der Waals surface area contributed by atoms with Crippen molar-refractivity contribution >= 4 is 57.2 Å². The maximum absolute atomic E-state index is 2.67. The van der Waals surface area contributed by atoms with Crippen LogP contribution in [-0.4, -0.2) is 24.7 Å². The van der Waals surface area contributed by atoms with Crippen LogP contribution in [0, 0.1) is 0 Å². The van der Waals surface area contributed by atoms with E-state index in [2.05, 4.69) is 165 Å². The van der Waals surface area contributed by atoms with Crippen molar-refractivity contribution in [2.24, 2.45) is 0 Å². The van der Waals surface area contributed by atoms with Crippen LogP contribution in [0.4, 0.5) is 0 Å². The first kappa shape index (κ1) is 24.9. The standard InChI is InChI=1S/C32H33PSi3/c1-36(2,32-26-16-7-17-27-32)33(34(28-18-8-3-9-19-28)29-20-10-4-11-21-29)35(30-22-12-5-13-23-30)31-24-14-6-15-25-31/h3-27,34-35H,1-2H3. The van der Waals surface area contributed by atoms with Gasteiger partial charge in [0.25, 0.3) is 0 Å². The van der Waals surface area contributed by atoms with E-state index < -0.39 is 24.7 Å². The SMILES string of the molecule is C[Si](C)(c1ccccc1)P([SiH](c1ccccc1)c1ccccc1)[SiH](c1ccccc1)c1ccccc1. The Hall–Kier alpha value is -2.82. The van der Waals surface area contributed by atoms with Crippen molar-refractivity contribution in [2.75, 3.05) is 0 Å².